The van der Waals surface area contributed by atoms with Crippen LogP contribution in [0.5, 0.6) is 5.75 Å². The van der Waals surface area contributed by atoms with E-state index in [1.165, 1.54) is 38.0 Å². The normalized spacial score (nSPS) is 26.0. The van der Waals surface area contributed by atoms with Crippen LogP contribution in [-0.2, 0) is 20.7 Å². The maximum Gasteiger partial charge on any atom is 0.422 e. The molecule has 0 radical (unpaired) electrons. The number of aromatic hydroxyl groups is 1. The third kappa shape index (κ3) is 4.48. The summed E-state index contributed by atoms with van der Waals surface area (Å²) in [6.07, 6.45) is -5.09. The molecule has 0 spiro atoms. The molecule has 1 amide bonds. The van der Waals surface area contributed by atoms with Crippen molar-refractivity contribution < 1.29 is 57.5 Å². The number of Topliss-reactive ketones (excluding diaryl/α,β-unsaturated/α-hetero) is 2. The van der Waals surface area contributed by atoms with Crippen LogP contribution in [0, 0.1) is 11.8 Å². The Balaban J connectivity index is 1.93. The van der Waals surface area contributed by atoms with Gasteiger partial charge in [0, 0.05) is 31.3 Å². The van der Waals surface area contributed by atoms with Crippen LogP contribution in [0.25, 0.3) is 0 Å². The van der Waals surface area contributed by atoms with Crippen LogP contribution in [0.4, 0.5) is 18.9 Å². The predicted molar refractivity (Wildman–Crippen MR) is 134 cm³/mol. The first kappa shape index (κ1) is 29.9. The number of halogens is 3. The molecule has 0 saturated carbocycles. The smallest absolute Gasteiger partial charge is 0.422 e. The highest BCUT2D eigenvalue weighted by atomic mass is 19.4. The molecule has 0 bridgehead atoms. The SMILES string of the molecule is CN(C)c1cc(C(=O)OCC(F)(F)F)c(O)c2c1C[C@H]1C[C@H]3[C@H](N(C)C)C(O)=C(C(N)=O)C(=O)[C@@]3(O)C(O)=C1C2=O. The van der Waals surface area contributed by atoms with E-state index in [1.807, 2.05) is 0 Å². The molecule has 6 N–H and O–H groups in total. The molecule has 0 fully saturated rings. The van der Waals surface area contributed by atoms with Gasteiger partial charge in [-0.3, -0.25) is 19.3 Å². The van der Waals surface area contributed by atoms with E-state index in [0.717, 1.165) is 6.07 Å². The fourth-order valence-corrected chi connectivity index (χ4v) is 6.08. The number of alkyl halides is 3. The lowest BCUT2D eigenvalue weighted by Crippen LogP contribution is -2.63. The van der Waals surface area contributed by atoms with Gasteiger partial charge in [-0.1, -0.05) is 0 Å². The number of phenols is 1. The number of aliphatic hydroxyl groups excluding tert-OH is 2. The van der Waals surface area contributed by atoms with Gasteiger partial charge in [0.25, 0.3) is 5.91 Å². The molecule has 1 aromatic rings. The summed E-state index contributed by atoms with van der Waals surface area (Å²) in [4.78, 5) is 54.6. The number of benzene rings is 1. The van der Waals surface area contributed by atoms with Crippen molar-refractivity contribution in [2.24, 2.45) is 17.6 Å². The Morgan fingerprint density at radius 2 is 1.76 bits per heavy atom. The van der Waals surface area contributed by atoms with Gasteiger partial charge in [0.2, 0.25) is 5.78 Å². The number of fused-ring (bicyclic) bond motifs is 3. The molecular weight excluding hydrogens is 555 g/mol. The van der Waals surface area contributed by atoms with E-state index in [-0.39, 0.29) is 24.1 Å². The number of primary amides is 1. The average molecular weight is 584 g/mol. The summed E-state index contributed by atoms with van der Waals surface area (Å²) in [6.45, 7) is -1.95. The Kier molecular flexibility index (Phi) is 7.11. The number of amides is 1. The minimum absolute atomic E-state index is 0.0759. The molecule has 3 aliphatic rings. The first-order chi connectivity index (χ1) is 18.8. The lowest BCUT2D eigenvalue weighted by molar-refractivity contribution is -0.161. The lowest BCUT2D eigenvalue weighted by Gasteiger charge is -2.50. The third-order valence-corrected chi connectivity index (χ3v) is 7.77. The number of ether oxygens (including phenoxy) is 1. The number of rotatable bonds is 5. The van der Waals surface area contributed by atoms with Crippen molar-refractivity contribution in [1.82, 2.24) is 4.90 Å². The van der Waals surface area contributed by atoms with Crippen LogP contribution in [0.3, 0.4) is 0 Å². The second-order valence-corrected chi connectivity index (χ2v) is 10.7. The number of anilines is 1. The molecule has 4 atom stereocenters. The highest BCUT2D eigenvalue weighted by molar-refractivity contribution is 6.25. The third-order valence-electron chi connectivity index (χ3n) is 7.77. The molecule has 0 aromatic heterocycles. The second kappa shape index (κ2) is 9.76. The van der Waals surface area contributed by atoms with E-state index < -0.39 is 99.2 Å². The minimum Gasteiger partial charge on any atom is -0.510 e. The number of nitrogens with zero attached hydrogens (tertiary/aromatic N) is 2. The van der Waals surface area contributed by atoms with Crippen molar-refractivity contribution in [3.63, 3.8) is 0 Å². The summed E-state index contributed by atoms with van der Waals surface area (Å²) in [7, 11) is 6.05. The molecular formula is C26H28F3N3O9. The van der Waals surface area contributed by atoms with Gasteiger partial charge in [0.15, 0.2) is 18.0 Å². The zero-order valence-corrected chi connectivity index (χ0v) is 22.4. The molecule has 15 heteroatoms. The van der Waals surface area contributed by atoms with Crippen molar-refractivity contribution in [3.05, 3.63) is 45.4 Å². The van der Waals surface area contributed by atoms with Gasteiger partial charge in [0.05, 0.1) is 11.6 Å². The lowest BCUT2D eigenvalue weighted by atomic mass is 9.58. The van der Waals surface area contributed by atoms with Crippen molar-refractivity contribution in [1.29, 1.82) is 0 Å². The molecule has 222 valence electrons. The van der Waals surface area contributed by atoms with E-state index >= 15 is 0 Å². The zero-order chi connectivity index (χ0) is 30.9. The molecule has 0 heterocycles. The molecule has 0 saturated heterocycles. The monoisotopic (exact) mass is 583 g/mol. The van der Waals surface area contributed by atoms with Crippen molar-refractivity contribution in [3.8, 4) is 5.75 Å². The first-order valence-electron chi connectivity index (χ1n) is 12.3. The Morgan fingerprint density at radius 3 is 2.27 bits per heavy atom. The Labute approximate surface area is 231 Å². The van der Waals surface area contributed by atoms with Crippen molar-refractivity contribution >= 4 is 29.1 Å². The number of carbonyl (C=O) groups is 4. The van der Waals surface area contributed by atoms with E-state index in [4.69, 9.17) is 5.73 Å². The molecule has 0 aliphatic heterocycles. The van der Waals surface area contributed by atoms with Crippen LogP contribution in [0.2, 0.25) is 0 Å². The topological polar surface area (TPSA) is 191 Å². The number of aliphatic hydroxyl groups is 3. The van der Waals surface area contributed by atoms with E-state index in [9.17, 15) is 52.8 Å². The molecule has 0 unspecified atom stereocenters. The molecule has 4 rings (SSSR count). The Bertz CT molecular complexity index is 1450. The van der Waals surface area contributed by atoms with Gasteiger partial charge in [-0.05, 0) is 44.5 Å². The summed E-state index contributed by atoms with van der Waals surface area (Å²) in [6, 6.07) is -0.0955. The van der Waals surface area contributed by atoms with Crippen LogP contribution in [0.1, 0.15) is 32.7 Å². The second-order valence-electron chi connectivity index (χ2n) is 10.7. The minimum atomic E-state index is -4.86. The van der Waals surface area contributed by atoms with Gasteiger partial charge in [0.1, 0.15) is 28.4 Å². The molecule has 12 nitrogen and oxygen atoms in total. The standard InChI is InChI=1S/C26H28F3N3O9/c1-31(2)13-7-11(24(39)41-8-25(27,28)29)18(33)15-10(13)5-9-6-12-17(32(3)4)20(35)16(23(30)38)22(37)26(12,40)21(36)14(9)19(15)34/h7,9,12,17,33,35-36,40H,5-6,8H2,1-4H3,(H2,30,38)/t9-,12-,17-,26-/m0/s1. The Morgan fingerprint density at radius 1 is 1.15 bits per heavy atom. The average Bonchev–Trinajstić information content (AvgIpc) is 2.83. The molecule has 1 aromatic carbocycles. The summed E-state index contributed by atoms with van der Waals surface area (Å²) in [5.41, 5.74) is 0.0815. The van der Waals surface area contributed by atoms with Crippen LogP contribution >= 0.6 is 0 Å². The largest absolute Gasteiger partial charge is 0.510 e. The van der Waals surface area contributed by atoms with Crippen LogP contribution in [-0.4, -0.2) is 101 Å². The Hall–Kier alpha value is -4.11. The predicted octanol–water partition coefficient (Wildman–Crippen LogP) is 0.906. The van der Waals surface area contributed by atoms with Gasteiger partial charge < -0.3 is 35.8 Å². The number of esters is 1. The fourth-order valence-electron chi connectivity index (χ4n) is 6.08. The van der Waals surface area contributed by atoms with Crippen LogP contribution < -0.4 is 10.6 Å². The van der Waals surface area contributed by atoms with Gasteiger partial charge in [-0.2, -0.15) is 13.2 Å². The number of allylic oxidation sites excluding steroid dienone is 1. The zero-order valence-electron chi connectivity index (χ0n) is 22.4. The number of phenolic OH excluding ortho intramolecular Hbond substituents is 1. The van der Waals surface area contributed by atoms with E-state index in [1.54, 1.807) is 0 Å². The molecule has 3 aliphatic carbocycles. The summed E-state index contributed by atoms with van der Waals surface area (Å²) in [5.74, 6) is -10.4. The number of ketones is 2. The summed E-state index contributed by atoms with van der Waals surface area (Å²) >= 11 is 0. The van der Waals surface area contributed by atoms with Gasteiger partial charge >= 0.3 is 12.1 Å². The summed E-state index contributed by atoms with van der Waals surface area (Å²) < 4.78 is 42.2. The number of nitrogens with two attached hydrogens (primary N) is 1. The number of carbonyl (C=O) groups excluding carboxylic acids is 4. The highest BCUT2D eigenvalue weighted by Crippen LogP contribution is 2.53. The van der Waals surface area contributed by atoms with Gasteiger partial charge in [-0.25, -0.2) is 4.79 Å². The maximum atomic E-state index is 13.9. The van der Waals surface area contributed by atoms with E-state index in [2.05, 4.69) is 4.74 Å². The highest BCUT2D eigenvalue weighted by Gasteiger charge is 2.63. The van der Waals surface area contributed by atoms with Crippen molar-refractivity contribution in [2.45, 2.75) is 30.7 Å². The number of hydrogen-bond donors (Lipinski definition) is 5. The quantitative estimate of drug-likeness (QED) is 0.245. The summed E-state index contributed by atoms with van der Waals surface area (Å²) in [5, 5.41) is 44.7. The van der Waals surface area contributed by atoms with Gasteiger partial charge in [-0.15, -0.1) is 0 Å². The number of hydrogen-bond acceptors (Lipinski definition) is 11. The molecule has 41 heavy (non-hydrogen) atoms. The maximum absolute atomic E-state index is 13.9. The first-order valence-corrected chi connectivity index (χ1v) is 12.3. The fraction of sp³-hybridized carbons (Fsp3) is 0.462. The van der Waals surface area contributed by atoms with Crippen molar-refractivity contribution in [2.75, 3.05) is 39.7 Å². The van der Waals surface area contributed by atoms with E-state index in [0.29, 0.717) is 0 Å². The van der Waals surface area contributed by atoms with Crippen LogP contribution in [0.15, 0.2) is 28.7 Å². The number of likely N-dealkylation sites (N-methyl/N-ethyl adjacent to an activating group) is 1.